The zero-order valence-corrected chi connectivity index (χ0v) is 16.3. The number of rotatable bonds is 8. The topological polar surface area (TPSA) is 114 Å². The maximum Gasteiger partial charge on any atom is 0.255 e. The van der Waals surface area contributed by atoms with E-state index in [1.54, 1.807) is 7.05 Å². The third-order valence-electron chi connectivity index (χ3n) is 4.59. The van der Waals surface area contributed by atoms with E-state index in [1.165, 1.54) is 16.2 Å². The molecule has 1 aromatic carbocycles. The predicted octanol–water partition coefficient (Wildman–Crippen LogP) is -0.147. The summed E-state index contributed by atoms with van der Waals surface area (Å²) < 4.78 is 0. The molecule has 0 radical (unpaired) electrons. The van der Waals surface area contributed by atoms with Crippen molar-refractivity contribution in [3.8, 4) is 0 Å². The van der Waals surface area contributed by atoms with Crippen molar-refractivity contribution >= 4 is 23.2 Å². The number of carbonyl (C=O) groups is 2. The van der Waals surface area contributed by atoms with Gasteiger partial charge in [0, 0.05) is 24.5 Å². The van der Waals surface area contributed by atoms with E-state index in [4.69, 9.17) is 0 Å². The van der Waals surface area contributed by atoms with Crippen molar-refractivity contribution in [2.75, 3.05) is 7.05 Å². The van der Waals surface area contributed by atoms with Crippen LogP contribution in [0.25, 0.3) is 0 Å². The number of benzene rings is 1. The minimum Gasteiger partial charge on any atom is -0.380 e. The number of amides is 2. The van der Waals surface area contributed by atoms with Gasteiger partial charge in [0.2, 0.25) is 0 Å². The molecule has 2 aromatic rings. The molecular weight excluding hydrogens is 380 g/mol. The Morgan fingerprint density at radius 3 is 2.46 bits per heavy atom. The molecule has 1 aliphatic rings. The van der Waals surface area contributed by atoms with Gasteiger partial charge in [-0.1, -0.05) is 24.3 Å². The second kappa shape index (κ2) is 9.26. The molecule has 0 fully saturated rings. The first-order chi connectivity index (χ1) is 13.5. The summed E-state index contributed by atoms with van der Waals surface area (Å²) in [5.41, 5.74) is 8.88. The summed E-state index contributed by atoms with van der Waals surface area (Å²) in [4.78, 5) is 27.0. The summed E-state index contributed by atoms with van der Waals surface area (Å²) in [6.45, 7) is 1.59. The van der Waals surface area contributed by atoms with Crippen LogP contribution in [-0.2, 0) is 35.8 Å². The van der Waals surface area contributed by atoms with Crippen molar-refractivity contribution in [1.82, 2.24) is 21.1 Å². The fraction of sp³-hybridized carbons (Fsp3) is 0.368. The molecule has 9 heteroatoms. The number of hydrogen-bond donors (Lipinski definition) is 5. The van der Waals surface area contributed by atoms with Crippen LogP contribution in [0, 0.1) is 0 Å². The molecule has 0 bridgehead atoms. The molecule has 0 saturated carbocycles. The molecule has 1 aliphatic heterocycles. The van der Waals surface area contributed by atoms with Gasteiger partial charge in [-0.2, -0.15) is 0 Å². The smallest absolute Gasteiger partial charge is 0.255 e. The number of aliphatic hydroxyl groups excluding tert-OH is 2. The van der Waals surface area contributed by atoms with Gasteiger partial charge >= 0.3 is 0 Å². The Morgan fingerprint density at radius 2 is 1.82 bits per heavy atom. The van der Waals surface area contributed by atoms with E-state index >= 15 is 0 Å². The van der Waals surface area contributed by atoms with Gasteiger partial charge in [-0.3, -0.25) is 20.4 Å². The van der Waals surface area contributed by atoms with Crippen LogP contribution in [0.1, 0.15) is 21.6 Å². The van der Waals surface area contributed by atoms with Crippen molar-refractivity contribution in [2.24, 2.45) is 0 Å². The number of thiophene rings is 1. The predicted molar refractivity (Wildman–Crippen MR) is 105 cm³/mol. The summed E-state index contributed by atoms with van der Waals surface area (Å²) in [5.74, 6) is -1.43. The Labute approximate surface area is 167 Å². The first-order valence-electron chi connectivity index (χ1n) is 8.95. The highest BCUT2D eigenvalue weighted by Gasteiger charge is 2.35. The van der Waals surface area contributed by atoms with E-state index < -0.39 is 24.0 Å². The molecule has 1 aromatic heterocycles. The maximum atomic E-state index is 12.5. The summed E-state index contributed by atoms with van der Waals surface area (Å²) in [7, 11) is 1.78. The molecule has 0 aliphatic carbocycles. The standard InChI is InChI=1S/C19H24N4O4S/c1-20-22-7-12-6-15(28-11-12)8-21-18(26)16(24)17(25)19(27)23-9-13-4-2-3-5-14(13)10-23/h2-6,11,16-17,20,22,24-25H,7-10H2,1H3,(H,21,26)/t16-,17-/m1/s1. The van der Waals surface area contributed by atoms with E-state index in [2.05, 4.69) is 16.2 Å². The lowest BCUT2D eigenvalue weighted by molar-refractivity contribution is -0.153. The van der Waals surface area contributed by atoms with Crippen molar-refractivity contribution in [3.63, 3.8) is 0 Å². The summed E-state index contributed by atoms with van der Waals surface area (Å²) in [6, 6.07) is 9.54. The van der Waals surface area contributed by atoms with Crippen molar-refractivity contribution < 1.29 is 19.8 Å². The van der Waals surface area contributed by atoms with Gasteiger partial charge < -0.3 is 20.4 Å². The molecule has 2 heterocycles. The quantitative estimate of drug-likeness (QED) is 0.391. The van der Waals surface area contributed by atoms with Gasteiger partial charge in [-0.15, -0.1) is 11.3 Å². The number of fused-ring (bicyclic) bond motifs is 1. The average molecular weight is 404 g/mol. The van der Waals surface area contributed by atoms with Crippen molar-refractivity contribution in [2.45, 2.75) is 38.4 Å². The Hall–Kier alpha value is -2.30. The molecule has 5 N–H and O–H groups in total. The first kappa shape index (κ1) is 20.4. The SMILES string of the molecule is CNNCc1csc(CNC(=O)[C@H](O)[C@@H](O)C(=O)N2Cc3ccccc3C2)c1. The lowest BCUT2D eigenvalue weighted by atomic mass is 10.1. The number of hydrazine groups is 1. The molecule has 150 valence electrons. The number of nitrogens with zero attached hydrogens (tertiary/aromatic N) is 1. The zero-order valence-electron chi connectivity index (χ0n) is 15.5. The largest absolute Gasteiger partial charge is 0.380 e. The maximum absolute atomic E-state index is 12.5. The van der Waals surface area contributed by atoms with Crippen LogP contribution in [0.15, 0.2) is 35.7 Å². The lowest BCUT2D eigenvalue weighted by Crippen LogP contribution is -2.49. The summed E-state index contributed by atoms with van der Waals surface area (Å²) in [5, 5.41) is 24.8. The van der Waals surface area contributed by atoms with Crippen LogP contribution >= 0.6 is 11.3 Å². The molecule has 2 amide bonds. The molecule has 3 rings (SSSR count). The Morgan fingerprint density at radius 1 is 1.14 bits per heavy atom. The molecule has 0 unspecified atom stereocenters. The highest BCUT2D eigenvalue weighted by molar-refractivity contribution is 7.10. The number of carbonyl (C=O) groups excluding carboxylic acids is 2. The van der Waals surface area contributed by atoms with Crippen LogP contribution in [0.2, 0.25) is 0 Å². The van der Waals surface area contributed by atoms with Crippen LogP contribution in [0.3, 0.4) is 0 Å². The van der Waals surface area contributed by atoms with Gasteiger partial charge in [-0.25, -0.2) is 0 Å². The Bertz CT molecular complexity index is 816. The van der Waals surface area contributed by atoms with E-state index in [0.29, 0.717) is 19.6 Å². The second-order valence-electron chi connectivity index (χ2n) is 6.60. The highest BCUT2D eigenvalue weighted by Crippen LogP contribution is 2.23. The minimum atomic E-state index is -1.82. The van der Waals surface area contributed by atoms with E-state index in [0.717, 1.165) is 21.6 Å². The van der Waals surface area contributed by atoms with Crippen molar-refractivity contribution in [3.05, 3.63) is 57.3 Å². The van der Waals surface area contributed by atoms with E-state index in [1.807, 2.05) is 35.7 Å². The zero-order chi connectivity index (χ0) is 20.1. The first-order valence-corrected chi connectivity index (χ1v) is 9.83. The van der Waals surface area contributed by atoms with Crippen LogP contribution in [0.4, 0.5) is 0 Å². The highest BCUT2D eigenvalue weighted by atomic mass is 32.1. The van der Waals surface area contributed by atoms with Crippen LogP contribution < -0.4 is 16.2 Å². The fourth-order valence-electron chi connectivity index (χ4n) is 3.04. The molecule has 2 atom stereocenters. The summed E-state index contributed by atoms with van der Waals surface area (Å²) >= 11 is 1.48. The summed E-state index contributed by atoms with van der Waals surface area (Å²) in [6.07, 6.45) is -3.62. The molecule has 0 saturated heterocycles. The second-order valence-corrected chi connectivity index (χ2v) is 7.59. The van der Waals surface area contributed by atoms with Gasteiger partial charge in [0.1, 0.15) is 0 Å². The number of nitrogens with one attached hydrogen (secondary N) is 3. The van der Waals surface area contributed by atoms with Gasteiger partial charge in [-0.05, 0) is 35.2 Å². The monoisotopic (exact) mass is 404 g/mol. The van der Waals surface area contributed by atoms with E-state index in [-0.39, 0.29) is 6.54 Å². The average Bonchev–Trinajstić information content (AvgIpc) is 3.35. The molecule has 0 spiro atoms. The van der Waals surface area contributed by atoms with Gasteiger partial charge in [0.15, 0.2) is 12.2 Å². The number of aliphatic hydroxyl groups is 2. The fourth-order valence-corrected chi connectivity index (χ4v) is 3.86. The number of hydrogen-bond acceptors (Lipinski definition) is 7. The van der Waals surface area contributed by atoms with Gasteiger partial charge in [0.05, 0.1) is 6.54 Å². The van der Waals surface area contributed by atoms with Crippen LogP contribution in [-0.4, -0.2) is 46.2 Å². The lowest BCUT2D eigenvalue weighted by Gasteiger charge is -2.22. The molecular formula is C19H24N4O4S. The van der Waals surface area contributed by atoms with Crippen molar-refractivity contribution in [1.29, 1.82) is 0 Å². The minimum absolute atomic E-state index is 0.218. The van der Waals surface area contributed by atoms with Gasteiger partial charge in [0.25, 0.3) is 11.8 Å². The third kappa shape index (κ3) is 4.75. The van der Waals surface area contributed by atoms with E-state index in [9.17, 15) is 19.8 Å². The normalized spacial score (nSPS) is 15.2. The Kier molecular flexibility index (Phi) is 6.76. The third-order valence-corrected chi connectivity index (χ3v) is 5.57. The Balaban J connectivity index is 1.50. The van der Waals surface area contributed by atoms with Crippen LogP contribution in [0.5, 0.6) is 0 Å². The molecule has 28 heavy (non-hydrogen) atoms. The molecule has 8 nitrogen and oxygen atoms in total.